The number of nitrogens with zero attached hydrogens (tertiary/aromatic N) is 2. The van der Waals surface area contributed by atoms with Gasteiger partial charge in [-0.15, -0.1) is 0 Å². The Hall–Kier alpha value is -2.27. The van der Waals surface area contributed by atoms with Crippen LogP contribution in [0.5, 0.6) is 11.5 Å². The lowest BCUT2D eigenvalue weighted by atomic mass is 9.96. The molecule has 1 fully saturated rings. The lowest BCUT2D eigenvalue weighted by Crippen LogP contribution is -2.42. The molecule has 3 heterocycles. The average molecular weight is 339 g/mol. The van der Waals surface area contributed by atoms with E-state index in [1.807, 2.05) is 36.5 Å². The molecule has 0 bridgehead atoms. The van der Waals surface area contributed by atoms with Crippen LogP contribution < -0.4 is 19.7 Å². The Balaban J connectivity index is 1.18. The van der Waals surface area contributed by atoms with Gasteiger partial charge in [-0.05, 0) is 49.6 Å². The second-order valence-electron chi connectivity index (χ2n) is 6.77. The third kappa shape index (κ3) is 4.04. The maximum Gasteiger partial charge on any atom is 0.161 e. The number of benzene rings is 1. The van der Waals surface area contributed by atoms with Crippen molar-refractivity contribution in [1.29, 1.82) is 0 Å². The first kappa shape index (κ1) is 16.2. The van der Waals surface area contributed by atoms with Crippen LogP contribution in [-0.4, -0.2) is 43.9 Å². The standard InChI is InChI=1S/C20H25N3O2/c1-2-6-19-18(5-1)24-15-17(25-19)14-21-13-16-8-11-23(12-9-16)20-7-3-4-10-22-20/h1-7,10,16-17,21H,8-9,11-15H2/t17-/m0/s1. The fraction of sp³-hybridized carbons (Fsp3) is 0.450. The monoisotopic (exact) mass is 339 g/mol. The van der Waals surface area contributed by atoms with Gasteiger partial charge in [-0.25, -0.2) is 4.98 Å². The molecule has 0 radical (unpaired) electrons. The number of anilines is 1. The topological polar surface area (TPSA) is 46.6 Å². The van der Waals surface area contributed by atoms with Crippen LogP contribution in [0.25, 0.3) is 0 Å². The number of rotatable bonds is 5. The summed E-state index contributed by atoms with van der Waals surface area (Å²) in [6.45, 7) is 4.65. The van der Waals surface area contributed by atoms with E-state index in [9.17, 15) is 0 Å². The van der Waals surface area contributed by atoms with Gasteiger partial charge in [0.2, 0.25) is 0 Å². The maximum absolute atomic E-state index is 5.99. The molecule has 1 atom stereocenters. The van der Waals surface area contributed by atoms with E-state index in [0.29, 0.717) is 6.61 Å². The highest BCUT2D eigenvalue weighted by Gasteiger charge is 2.22. The molecule has 1 N–H and O–H groups in total. The molecule has 0 unspecified atom stereocenters. The molecule has 4 rings (SSSR count). The second kappa shape index (κ2) is 7.74. The summed E-state index contributed by atoms with van der Waals surface area (Å²) in [7, 11) is 0. The lowest BCUT2D eigenvalue weighted by Gasteiger charge is -2.33. The van der Waals surface area contributed by atoms with Crippen molar-refractivity contribution in [2.45, 2.75) is 18.9 Å². The van der Waals surface area contributed by atoms with Crippen molar-refractivity contribution >= 4 is 5.82 Å². The normalized spacial score (nSPS) is 20.5. The molecule has 5 heteroatoms. The van der Waals surface area contributed by atoms with E-state index in [1.54, 1.807) is 0 Å². The number of pyridine rings is 1. The molecule has 1 aromatic heterocycles. The van der Waals surface area contributed by atoms with Crippen LogP contribution in [0.15, 0.2) is 48.7 Å². The molecule has 0 saturated carbocycles. The van der Waals surface area contributed by atoms with Crippen molar-refractivity contribution in [2.75, 3.05) is 37.7 Å². The van der Waals surface area contributed by atoms with Crippen LogP contribution in [0.3, 0.4) is 0 Å². The van der Waals surface area contributed by atoms with Gasteiger partial charge in [0, 0.05) is 25.8 Å². The molecule has 0 spiro atoms. The van der Waals surface area contributed by atoms with Gasteiger partial charge in [0.1, 0.15) is 18.5 Å². The summed E-state index contributed by atoms with van der Waals surface area (Å²) in [5, 5.41) is 3.57. The van der Waals surface area contributed by atoms with E-state index in [4.69, 9.17) is 9.47 Å². The van der Waals surface area contributed by atoms with Gasteiger partial charge in [-0.1, -0.05) is 18.2 Å². The second-order valence-corrected chi connectivity index (χ2v) is 6.77. The number of hydrogen-bond donors (Lipinski definition) is 1. The molecule has 0 aliphatic carbocycles. The van der Waals surface area contributed by atoms with Crippen LogP contribution in [-0.2, 0) is 0 Å². The number of para-hydroxylation sites is 2. The number of fused-ring (bicyclic) bond motifs is 1. The molecule has 1 saturated heterocycles. The van der Waals surface area contributed by atoms with E-state index >= 15 is 0 Å². The third-order valence-corrected chi connectivity index (χ3v) is 4.96. The Labute approximate surface area is 149 Å². The van der Waals surface area contributed by atoms with E-state index in [-0.39, 0.29) is 6.10 Å². The Morgan fingerprint density at radius 2 is 1.80 bits per heavy atom. The highest BCUT2D eigenvalue weighted by Crippen LogP contribution is 2.30. The van der Waals surface area contributed by atoms with Crippen molar-refractivity contribution in [1.82, 2.24) is 10.3 Å². The zero-order valence-corrected chi connectivity index (χ0v) is 14.4. The molecule has 2 aliphatic heterocycles. The molecule has 25 heavy (non-hydrogen) atoms. The molecule has 1 aromatic carbocycles. The minimum absolute atomic E-state index is 0.0866. The summed E-state index contributed by atoms with van der Waals surface area (Å²) in [4.78, 5) is 6.83. The Bertz CT molecular complexity index is 672. The van der Waals surface area contributed by atoms with Crippen molar-refractivity contribution < 1.29 is 9.47 Å². The summed E-state index contributed by atoms with van der Waals surface area (Å²) in [6, 6.07) is 14.0. The summed E-state index contributed by atoms with van der Waals surface area (Å²) in [6.07, 6.45) is 4.36. The SMILES string of the molecule is c1ccc(N2CCC(CNC[C@H]3COc4ccccc4O3)CC2)nc1. The Morgan fingerprint density at radius 1 is 1.00 bits per heavy atom. The molecular formula is C20H25N3O2. The minimum atomic E-state index is 0.0866. The van der Waals surface area contributed by atoms with Gasteiger partial charge in [0.25, 0.3) is 0 Å². The number of aromatic nitrogens is 1. The van der Waals surface area contributed by atoms with Crippen molar-refractivity contribution in [3.05, 3.63) is 48.7 Å². The maximum atomic E-state index is 5.99. The summed E-state index contributed by atoms with van der Waals surface area (Å²) in [5.41, 5.74) is 0. The molecule has 132 valence electrons. The largest absolute Gasteiger partial charge is 0.486 e. The predicted octanol–water partition coefficient (Wildman–Crippen LogP) is 2.73. The van der Waals surface area contributed by atoms with E-state index in [1.165, 1.54) is 12.8 Å². The number of hydrogen-bond acceptors (Lipinski definition) is 5. The van der Waals surface area contributed by atoms with E-state index < -0.39 is 0 Å². The smallest absolute Gasteiger partial charge is 0.161 e. The molecule has 2 aromatic rings. The highest BCUT2D eigenvalue weighted by atomic mass is 16.6. The average Bonchev–Trinajstić information content (AvgIpc) is 2.69. The van der Waals surface area contributed by atoms with Crippen LogP contribution in [0.2, 0.25) is 0 Å². The van der Waals surface area contributed by atoms with Crippen molar-refractivity contribution in [3.63, 3.8) is 0 Å². The van der Waals surface area contributed by atoms with Gasteiger partial charge in [0.05, 0.1) is 0 Å². The van der Waals surface area contributed by atoms with E-state index in [0.717, 1.165) is 49.4 Å². The van der Waals surface area contributed by atoms with Gasteiger partial charge in [0.15, 0.2) is 11.5 Å². The summed E-state index contributed by atoms with van der Waals surface area (Å²) in [5.74, 6) is 3.52. The van der Waals surface area contributed by atoms with Crippen molar-refractivity contribution in [2.24, 2.45) is 5.92 Å². The Morgan fingerprint density at radius 3 is 2.60 bits per heavy atom. The fourth-order valence-electron chi connectivity index (χ4n) is 3.52. The first-order valence-corrected chi connectivity index (χ1v) is 9.13. The first-order chi connectivity index (χ1) is 12.4. The Kier molecular flexibility index (Phi) is 5.02. The minimum Gasteiger partial charge on any atom is -0.486 e. The quantitative estimate of drug-likeness (QED) is 0.908. The lowest BCUT2D eigenvalue weighted by molar-refractivity contribution is 0.0894. The summed E-state index contributed by atoms with van der Waals surface area (Å²) < 4.78 is 11.8. The fourth-order valence-corrected chi connectivity index (χ4v) is 3.52. The van der Waals surface area contributed by atoms with Crippen LogP contribution in [0.1, 0.15) is 12.8 Å². The van der Waals surface area contributed by atoms with Gasteiger partial charge in [-0.3, -0.25) is 0 Å². The first-order valence-electron chi connectivity index (χ1n) is 9.13. The highest BCUT2D eigenvalue weighted by molar-refractivity contribution is 5.40. The van der Waals surface area contributed by atoms with Crippen LogP contribution in [0.4, 0.5) is 5.82 Å². The number of nitrogens with one attached hydrogen (secondary N) is 1. The molecule has 2 aliphatic rings. The predicted molar refractivity (Wildman–Crippen MR) is 98.4 cm³/mol. The van der Waals surface area contributed by atoms with Gasteiger partial charge < -0.3 is 19.7 Å². The zero-order valence-electron chi connectivity index (χ0n) is 14.4. The molecular weight excluding hydrogens is 314 g/mol. The molecule has 0 amide bonds. The van der Waals surface area contributed by atoms with Crippen LogP contribution >= 0.6 is 0 Å². The molecule has 5 nitrogen and oxygen atoms in total. The van der Waals surface area contributed by atoms with Crippen molar-refractivity contribution in [3.8, 4) is 11.5 Å². The third-order valence-electron chi connectivity index (χ3n) is 4.96. The zero-order chi connectivity index (χ0) is 16.9. The van der Waals surface area contributed by atoms with Gasteiger partial charge >= 0.3 is 0 Å². The number of piperidine rings is 1. The van der Waals surface area contributed by atoms with Gasteiger partial charge in [-0.2, -0.15) is 0 Å². The van der Waals surface area contributed by atoms with E-state index in [2.05, 4.69) is 27.3 Å². The van der Waals surface area contributed by atoms with Crippen LogP contribution in [0, 0.1) is 5.92 Å². The summed E-state index contributed by atoms with van der Waals surface area (Å²) >= 11 is 0. The number of ether oxygens (including phenoxy) is 2.